The lowest BCUT2D eigenvalue weighted by Crippen LogP contribution is -2.42. The molecule has 1 aliphatic heterocycles. The van der Waals surface area contributed by atoms with Crippen LogP contribution in [0.3, 0.4) is 0 Å². The van der Waals surface area contributed by atoms with Gasteiger partial charge in [0.2, 0.25) is 5.95 Å². The highest BCUT2D eigenvalue weighted by molar-refractivity contribution is 6.04. The largest absolute Gasteiger partial charge is 0.416 e. The van der Waals surface area contributed by atoms with Gasteiger partial charge in [-0.1, -0.05) is 12.1 Å². The number of likely N-dealkylation sites (tertiary alicyclic amines) is 1. The van der Waals surface area contributed by atoms with Gasteiger partial charge >= 0.3 is 6.18 Å². The van der Waals surface area contributed by atoms with Crippen LogP contribution >= 0.6 is 0 Å². The fourth-order valence-corrected chi connectivity index (χ4v) is 4.76. The van der Waals surface area contributed by atoms with E-state index in [0.29, 0.717) is 36.1 Å². The minimum atomic E-state index is -4.61. The molecule has 1 saturated heterocycles. The summed E-state index contributed by atoms with van der Waals surface area (Å²) in [6.45, 7) is 3.22. The van der Waals surface area contributed by atoms with Crippen LogP contribution in [-0.2, 0) is 12.7 Å². The van der Waals surface area contributed by atoms with E-state index in [-0.39, 0.29) is 23.7 Å². The molecule has 4 aromatic rings. The zero-order valence-corrected chi connectivity index (χ0v) is 22.3. The molecule has 1 amide bonds. The Hall–Kier alpha value is -4.42. The monoisotopic (exact) mass is 562 g/mol. The maximum absolute atomic E-state index is 14.0. The number of amides is 1. The molecule has 2 aromatic carbocycles. The lowest BCUT2D eigenvalue weighted by atomic mass is 10.0. The lowest BCUT2D eigenvalue weighted by molar-refractivity contribution is -0.138. The van der Waals surface area contributed by atoms with Crippen molar-refractivity contribution in [3.63, 3.8) is 0 Å². The van der Waals surface area contributed by atoms with Gasteiger partial charge in [-0.25, -0.2) is 19.9 Å². The van der Waals surface area contributed by atoms with Gasteiger partial charge in [0.05, 0.1) is 11.3 Å². The second kappa shape index (κ2) is 12.0. The van der Waals surface area contributed by atoms with Crippen molar-refractivity contribution in [3.8, 4) is 11.3 Å². The highest BCUT2D eigenvalue weighted by atomic mass is 19.4. The Bertz CT molecular complexity index is 1530. The Balaban J connectivity index is 1.33. The predicted molar refractivity (Wildman–Crippen MR) is 149 cm³/mol. The summed E-state index contributed by atoms with van der Waals surface area (Å²) in [7, 11) is 0. The molecule has 0 saturated carbocycles. The number of piperidine rings is 1. The van der Waals surface area contributed by atoms with Gasteiger partial charge in [0.15, 0.2) is 0 Å². The van der Waals surface area contributed by atoms with Crippen molar-refractivity contribution >= 4 is 23.2 Å². The number of hydrogen-bond acceptors (Lipinski definition) is 8. The van der Waals surface area contributed by atoms with Gasteiger partial charge in [-0.2, -0.15) is 13.2 Å². The zero-order valence-electron chi connectivity index (χ0n) is 22.3. The zero-order chi connectivity index (χ0) is 29.0. The number of rotatable bonds is 7. The summed E-state index contributed by atoms with van der Waals surface area (Å²) >= 11 is 0. The molecule has 1 fully saturated rings. The molecule has 2 aromatic heterocycles. The van der Waals surface area contributed by atoms with E-state index in [9.17, 15) is 18.0 Å². The summed E-state index contributed by atoms with van der Waals surface area (Å²) in [4.78, 5) is 31.7. The summed E-state index contributed by atoms with van der Waals surface area (Å²) in [6, 6.07) is 10.5. The van der Waals surface area contributed by atoms with Crippen molar-refractivity contribution in [2.45, 2.75) is 38.5 Å². The fraction of sp³-hybridized carbons (Fsp3) is 0.276. The van der Waals surface area contributed by atoms with E-state index in [1.54, 1.807) is 42.9 Å². The first-order chi connectivity index (χ1) is 19.7. The molecule has 12 heteroatoms. The topological polar surface area (TPSA) is 122 Å². The molecule has 3 heterocycles. The standard InChI is InChI=1S/C29H29F3N8O/c1-18-4-7-23(12-26(18)39-28-36-9-8-25(38-28)21-13-34-17-35-14-21)37-27(41)19-5-6-20(24(11-19)29(30,31)32)15-40-10-2-3-22(33)16-40/h4-9,11-14,17,22H,2-3,10,15-16,33H2,1H3,(H,37,41)(H,36,38,39)/t22-/m0/s1. The minimum absolute atomic E-state index is 0.0500. The van der Waals surface area contributed by atoms with Gasteiger partial charge < -0.3 is 16.4 Å². The first kappa shape index (κ1) is 28.1. The summed E-state index contributed by atoms with van der Waals surface area (Å²) in [5.41, 5.74) is 8.42. The van der Waals surface area contributed by atoms with Crippen molar-refractivity contribution in [2.24, 2.45) is 5.73 Å². The average Bonchev–Trinajstić information content (AvgIpc) is 2.95. The molecular weight excluding hydrogens is 533 g/mol. The maximum atomic E-state index is 14.0. The molecule has 0 spiro atoms. The van der Waals surface area contributed by atoms with E-state index in [1.807, 2.05) is 11.8 Å². The molecule has 0 unspecified atom stereocenters. The van der Waals surface area contributed by atoms with Gasteiger partial charge in [0.1, 0.15) is 6.33 Å². The van der Waals surface area contributed by atoms with E-state index >= 15 is 0 Å². The SMILES string of the molecule is Cc1ccc(NC(=O)c2ccc(CN3CCC[C@H](N)C3)c(C(F)(F)F)c2)cc1Nc1nccc(-c2cncnc2)n1. The molecule has 0 bridgehead atoms. The summed E-state index contributed by atoms with van der Waals surface area (Å²) < 4.78 is 42.0. The third kappa shape index (κ3) is 7.02. The highest BCUT2D eigenvalue weighted by Gasteiger charge is 2.34. The quantitative estimate of drug-likeness (QED) is 0.282. The number of nitrogens with zero attached hydrogens (tertiary/aromatic N) is 5. The molecular formula is C29H29F3N8O. The number of anilines is 3. The molecule has 9 nitrogen and oxygen atoms in total. The summed E-state index contributed by atoms with van der Waals surface area (Å²) in [5.74, 6) is -0.336. The number of aryl methyl sites for hydroxylation is 1. The molecule has 0 radical (unpaired) electrons. The minimum Gasteiger partial charge on any atom is -0.327 e. The molecule has 4 N–H and O–H groups in total. The molecule has 1 atom stereocenters. The van der Waals surface area contributed by atoms with Crippen molar-refractivity contribution in [1.29, 1.82) is 0 Å². The highest BCUT2D eigenvalue weighted by Crippen LogP contribution is 2.34. The second-order valence-electron chi connectivity index (χ2n) is 10.0. The smallest absolute Gasteiger partial charge is 0.327 e. The van der Waals surface area contributed by atoms with Gasteiger partial charge in [-0.3, -0.25) is 9.69 Å². The number of alkyl halides is 3. The lowest BCUT2D eigenvalue weighted by Gasteiger charge is -2.31. The number of carbonyl (C=O) groups excluding carboxylic acids is 1. The van der Waals surface area contributed by atoms with Gasteiger partial charge in [-0.15, -0.1) is 0 Å². The van der Waals surface area contributed by atoms with Gasteiger partial charge in [-0.05, 0) is 67.8 Å². The third-order valence-corrected chi connectivity index (χ3v) is 6.87. The molecule has 212 valence electrons. The van der Waals surface area contributed by atoms with Crippen LogP contribution in [0.15, 0.2) is 67.4 Å². The number of carbonyl (C=O) groups is 1. The van der Waals surface area contributed by atoms with Crippen molar-refractivity contribution < 1.29 is 18.0 Å². The van der Waals surface area contributed by atoms with Crippen LogP contribution in [-0.4, -0.2) is 49.9 Å². The van der Waals surface area contributed by atoms with Gasteiger partial charge in [0, 0.05) is 60.2 Å². The Morgan fingerprint density at radius 1 is 1.12 bits per heavy atom. The second-order valence-corrected chi connectivity index (χ2v) is 10.0. The molecule has 1 aliphatic rings. The Morgan fingerprint density at radius 3 is 2.68 bits per heavy atom. The molecule has 41 heavy (non-hydrogen) atoms. The van der Waals surface area contributed by atoms with Crippen LogP contribution < -0.4 is 16.4 Å². The number of halogens is 3. The number of benzene rings is 2. The van der Waals surface area contributed by atoms with Crippen molar-refractivity contribution in [2.75, 3.05) is 23.7 Å². The Labute approximate surface area is 235 Å². The van der Waals surface area contributed by atoms with Gasteiger partial charge in [0.25, 0.3) is 5.91 Å². The normalized spacial score (nSPS) is 15.9. The number of aromatic nitrogens is 4. The predicted octanol–water partition coefficient (Wildman–Crippen LogP) is 5.18. The molecule has 5 rings (SSSR count). The van der Waals surface area contributed by atoms with Crippen LogP contribution in [0.25, 0.3) is 11.3 Å². The van der Waals surface area contributed by atoms with Crippen molar-refractivity contribution in [3.05, 3.63) is 89.6 Å². The van der Waals surface area contributed by atoms with E-state index in [2.05, 4.69) is 30.6 Å². The van der Waals surface area contributed by atoms with E-state index in [0.717, 1.165) is 30.0 Å². The van der Waals surface area contributed by atoms with Crippen LogP contribution in [0.2, 0.25) is 0 Å². The average molecular weight is 563 g/mol. The number of nitrogens with one attached hydrogen (secondary N) is 2. The Kier molecular flexibility index (Phi) is 8.22. The van der Waals surface area contributed by atoms with Crippen LogP contribution in [0, 0.1) is 6.92 Å². The molecule has 0 aliphatic carbocycles. The maximum Gasteiger partial charge on any atom is 0.416 e. The fourth-order valence-electron chi connectivity index (χ4n) is 4.76. The first-order valence-corrected chi connectivity index (χ1v) is 13.1. The van der Waals surface area contributed by atoms with E-state index in [1.165, 1.54) is 18.5 Å². The van der Waals surface area contributed by atoms with Crippen molar-refractivity contribution in [1.82, 2.24) is 24.8 Å². The van der Waals surface area contributed by atoms with Crippen LogP contribution in [0.5, 0.6) is 0 Å². The number of nitrogens with two attached hydrogens (primary N) is 1. The summed E-state index contributed by atoms with van der Waals surface area (Å²) in [6.07, 6.45) is 3.40. The number of hydrogen-bond donors (Lipinski definition) is 3. The first-order valence-electron chi connectivity index (χ1n) is 13.1. The van der Waals surface area contributed by atoms with E-state index < -0.39 is 17.6 Å². The Morgan fingerprint density at radius 2 is 1.93 bits per heavy atom. The van der Waals surface area contributed by atoms with Crippen LogP contribution in [0.4, 0.5) is 30.5 Å². The summed E-state index contributed by atoms with van der Waals surface area (Å²) in [5, 5.41) is 5.84. The van der Waals surface area contributed by atoms with Crippen LogP contribution in [0.1, 0.15) is 39.9 Å². The van der Waals surface area contributed by atoms with E-state index in [4.69, 9.17) is 5.73 Å². The third-order valence-electron chi connectivity index (χ3n) is 6.87.